The third-order valence-electron chi connectivity index (χ3n) is 6.64. The topological polar surface area (TPSA) is 152 Å². The van der Waals surface area contributed by atoms with E-state index < -0.39 is 12.5 Å². The first kappa shape index (κ1) is 23.0. The number of rotatable bonds is 8. The van der Waals surface area contributed by atoms with Crippen molar-refractivity contribution in [2.75, 3.05) is 32.2 Å². The maximum atomic E-state index is 12.4. The second-order valence-corrected chi connectivity index (χ2v) is 8.88. The number of hydrogen-bond acceptors (Lipinski definition) is 9. The van der Waals surface area contributed by atoms with Crippen LogP contribution in [0.2, 0.25) is 0 Å². The third kappa shape index (κ3) is 4.61. The number of phenols is 1. The summed E-state index contributed by atoms with van der Waals surface area (Å²) in [6, 6.07) is 4.69. The second kappa shape index (κ2) is 9.45. The number of morpholine rings is 1. The molecule has 2 aliphatic heterocycles. The molecule has 2 bridgehead atoms. The monoisotopic (exact) mass is 486 g/mol. The summed E-state index contributed by atoms with van der Waals surface area (Å²) in [6.45, 7) is 0.750. The minimum absolute atomic E-state index is 0.0270. The lowest BCUT2D eigenvalue weighted by Gasteiger charge is -2.51. The molecule has 1 aromatic heterocycles. The molecule has 3 N–H and O–H groups in total. The van der Waals surface area contributed by atoms with Gasteiger partial charge in [-0.25, -0.2) is 4.79 Å². The van der Waals surface area contributed by atoms with Gasteiger partial charge in [0.1, 0.15) is 23.4 Å². The lowest BCUT2D eigenvalue weighted by Crippen LogP contribution is -2.66. The van der Waals surface area contributed by atoms with Gasteiger partial charge in [0.05, 0.1) is 38.0 Å². The number of hydrogen-bond donors (Lipinski definition) is 3. The molecule has 2 unspecified atom stereocenters. The molecule has 1 aliphatic carbocycles. The van der Waals surface area contributed by atoms with Gasteiger partial charge in [-0.05, 0) is 19.3 Å². The molecular formula is C23H26N4O8. The summed E-state index contributed by atoms with van der Waals surface area (Å²) < 4.78 is 21.5. The highest BCUT2D eigenvalue weighted by atomic mass is 16.6. The number of amides is 2. The van der Waals surface area contributed by atoms with Gasteiger partial charge in [0.25, 0.3) is 5.91 Å². The average molecular weight is 486 g/mol. The highest BCUT2D eigenvalue weighted by Gasteiger charge is 2.47. The first-order valence-electron chi connectivity index (χ1n) is 11.4. The van der Waals surface area contributed by atoms with E-state index in [1.54, 1.807) is 11.0 Å². The molecule has 2 saturated heterocycles. The number of nitrogens with zero attached hydrogens (tertiary/aromatic N) is 2. The number of benzene rings is 1. The van der Waals surface area contributed by atoms with E-state index in [9.17, 15) is 19.5 Å². The number of aromatic hydroxyl groups is 1. The van der Waals surface area contributed by atoms with Crippen molar-refractivity contribution in [2.24, 2.45) is 0 Å². The molecule has 2 amide bonds. The van der Waals surface area contributed by atoms with Crippen LogP contribution in [0.5, 0.6) is 17.2 Å². The molecule has 2 aromatic rings. The molecule has 3 fully saturated rings. The summed E-state index contributed by atoms with van der Waals surface area (Å²) in [7, 11) is 1.40. The first-order chi connectivity index (χ1) is 16.9. The molecule has 0 radical (unpaired) electrons. The molecule has 12 nitrogen and oxygen atoms in total. The number of anilines is 1. The van der Waals surface area contributed by atoms with Gasteiger partial charge in [-0.2, -0.15) is 5.10 Å². The van der Waals surface area contributed by atoms with Crippen LogP contribution >= 0.6 is 0 Å². The van der Waals surface area contributed by atoms with Gasteiger partial charge in [0.15, 0.2) is 18.7 Å². The average Bonchev–Trinajstić information content (AvgIpc) is 3.27. The van der Waals surface area contributed by atoms with Gasteiger partial charge in [-0.15, -0.1) is 0 Å². The van der Waals surface area contributed by atoms with E-state index in [0.717, 1.165) is 12.1 Å². The van der Waals surface area contributed by atoms with Crippen LogP contribution < -0.4 is 14.8 Å². The third-order valence-corrected chi connectivity index (χ3v) is 6.64. The zero-order valence-electron chi connectivity index (χ0n) is 19.1. The number of aromatic nitrogens is 2. The molecule has 0 spiro atoms. The molecule has 3 aliphatic rings. The highest BCUT2D eigenvalue weighted by molar-refractivity contribution is 5.91. The van der Waals surface area contributed by atoms with Crippen molar-refractivity contribution < 1.29 is 38.4 Å². The maximum absolute atomic E-state index is 12.4. The predicted octanol–water partition coefficient (Wildman–Crippen LogP) is 1.81. The van der Waals surface area contributed by atoms with Crippen molar-refractivity contribution in [1.29, 1.82) is 0 Å². The van der Waals surface area contributed by atoms with E-state index in [4.69, 9.17) is 18.9 Å². The highest BCUT2D eigenvalue weighted by Crippen LogP contribution is 2.40. The maximum Gasteiger partial charge on any atom is 0.410 e. The minimum atomic E-state index is -0.494. The van der Waals surface area contributed by atoms with E-state index in [2.05, 4.69) is 15.5 Å². The molecule has 5 rings (SSSR count). The van der Waals surface area contributed by atoms with E-state index in [1.165, 1.54) is 19.2 Å². The van der Waals surface area contributed by atoms with E-state index in [1.807, 2.05) is 0 Å². The van der Waals surface area contributed by atoms with E-state index in [0.29, 0.717) is 38.2 Å². The van der Waals surface area contributed by atoms with Crippen LogP contribution in [-0.2, 0) is 14.3 Å². The molecule has 12 heteroatoms. The van der Waals surface area contributed by atoms with Crippen molar-refractivity contribution in [2.45, 2.75) is 43.4 Å². The fourth-order valence-corrected chi connectivity index (χ4v) is 4.63. The number of aldehydes is 1. The normalized spacial score (nSPS) is 24.5. The number of H-pyrrole nitrogens is 1. The minimum Gasteiger partial charge on any atom is -0.507 e. The summed E-state index contributed by atoms with van der Waals surface area (Å²) in [5.41, 5.74) is 0.759. The molecule has 35 heavy (non-hydrogen) atoms. The molecule has 3 heterocycles. The van der Waals surface area contributed by atoms with Crippen LogP contribution in [0.15, 0.2) is 18.2 Å². The fourth-order valence-electron chi connectivity index (χ4n) is 4.63. The smallest absolute Gasteiger partial charge is 0.410 e. The van der Waals surface area contributed by atoms with Crippen LogP contribution in [0.25, 0.3) is 0 Å². The quantitative estimate of drug-likeness (QED) is 0.474. The van der Waals surface area contributed by atoms with Crippen molar-refractivity contribution in [3.63, 3.8) is 0 Å². The van der Waals surface area contributed by atoms with E-state index >= 15 is 0 Å². The van der Waals surface area contributed by atoms with Gasteiger partial charge in [0, 0.05) is 29.8 Å². The van der Waals surface area contributed by atoms with Gasteiger partial charge in [0.2, 0.25) is 0 Å². The number of carbonyl (C=O) groups is 3. The summed E-state index contributed by atoms with van der Waals surface area (Å²) >= 11 is 0. The van der Waals surface area contributed by atoms with Crippen molar-refractivity contribution in [3.8, 4) is 17.2 Å². The SMILES string of the molecule is COc1cc(O)c(C=O)c(OCC(=O)Nc2cc(C3CC(OC(=O)N4C5COCC4C5)C3)[nH]n2)c1. The van der Waals surface area contributed by atoms with Crippen LogP contribution in [-0.4, -0.2) is 83.6 Å². The largest absolute Gasteiger partial charge is 0.507 e. The van der Waals surface area contributed by atoms with Gasteiger partial charge in [-0.1, -0.05) is 0 Å². The molecular weight excluding hydrogens is 460 g/mol. The number of aromatic amines is 1. The number of nitrogens with one attached hydrogen (secondary N) is 2. The number of phenolic OH excluding ortho intramolecular Hbond substituents is 1. The standard InChI is InChI=1S/C23H26N4O8/c1-32-15-5-19(29)17(8-28)20(6-15)34-11-22(30)24-21-7-18(25-26-21)12-2-16(3-12)35-23(31)27-13-4-14(27)10-33-9-13/h5-8,12-14,16,29H,2-4,9-11H2,1H3,(H2,24,25,26,30). The number of carbonyl (C=O) groups excluding carboxylic acids is 3. The van der Waals surface area contributed by atoms with Gasteiger partial charge < -0.3 is 29.4 Å². The molecule has 186 valence electrons. The van der Waals surface area contributed by atoms with Crippen LogP contribution in [0, 0.1) is 0 Å². The first-order valence-corrected chi connectivity index (χ1v) is 11.4. The Morgan fingerprint density at radius 3 is 2.71 bits per heavy atom. The fraction of sp³-hybridized carbons (Fsp3) is 0.478. The molecule has 2 atom stereocenters. The second-order valence-electron chi connectivity index (χ2n) is 8.88. The van der Waals surface area contributed by atoms with Crippen molar-refractivity contribution >= 4 is 24.1 Å². The summed E-state index contributed by atoms with van der Waals surface area (Å²) in [6.07, 6.45) is 2.37. The Kier molecular flexibility index (Phi) is 6.20. The Labute approximate surface area is 200 Å². The lowest BCUT2D eigenvalue weighted by molar-refractivity contribution is -0.121. The van der Waals surface area contributed by atoms with Crippen LogP contribution in [0.3, 0.4) is 0 Å². The Morgan fingerprint density at radius 1 is 1.26 bits per heavy atom. The summed E-state index contributed by atoms with van der Waals surface area (Å²) in [5.74, 6) is -0.0154. The van der Waals surface area contributed by atoms with E-state index in [-0.39, 0.29) is 53.0 Å². The molecule has 1 saturated carbocycles. The van der Waals surface area contributed by atoms with Gasteiger partial charge >= 0.3 is 6.09 Å². The van der Waals surface area contributed by atoms with Gasteiger partial charge in [-0.3, -0.25) is 19.6 Å². The number of methoxy groups -OCH3 is 1. The molecule has 1 aromatic carbocycles. The number of ether oxygens (including phenoxy) is 4. The summed E-state index contributed by atoms with van der Waals surface area (Å²) in [4.78, 5) is 37.7. The van der Waals surface area contributed by atoms with Crippen molar-refractivity contribution in [3.05, 3.63) is 29.5 Å². The Morgan fingerprint density at radius 2 is 2.03 bits per heavy atom. The zero-order chi connectivity index (χ0) is 24.5. The van der Waals surface area contributed by atoms with Crippen LogP contribution in [0.1, 0.15) is 41.2 Å². The summed E-state index contributed by atoms with van der Waals surface area (Å²) in [5, 5.41) is 19.5. The Balaban J connectivity index is 1.08. The zero-order valence-corrected chi connectivity index (χ0v) is 19.1. The lowest BCUT2D eigenvalue weighted by atomic mass is 9.80. The Hall–Kier alpha value is -3.80. The van der Waals surface area contributed by atoms with Crippen LogP contribution in [0.4, 0.5) is 10.6 Å². The van der Waals surface area contributed by atoms with Crippen molar-refractivity contribution in [1.82, 2.24) is 15.1 Å². The predicted molar refractivity (Wildman–Crippen MR) is 120 cm³/mol. The Bertz CT molecular complexity index is 1110. The number of fused-ring (bicyclic) bond motifs is 2.